The molecule has 4 aromatic rings. The fourth-order valence-corrected chi connectivity index (χ4v) is 4.84. The van der Waals surface area contributed by atoms with E-state index in [-0.39, 0.29) is 23.4 Å². The van der Waals surface area contributed by atoms with Gasteiger partial charge in [0, 0.05) is 28.8 Å². The van der Waals surface area contributed by atoms with Crippen LogP contribution in [0.4, 0.5) is 5.82 Å². The van der Waals surface area contributed by atoms with Gasteiger partial charge < -0.3 is 10.8 Å². The van der Waals surface area contributed by atoms with Gasteiger partial charge in [-0.05, 0) is 38.7 Å². The van der Waals surface area contributed by atoms with Crippen molar-refractivity contribution in [1.82, 2.24) is 19.6 Å². The first-order chi connectivity index (χ1) is 16.4. The number of ketones is 1. The van der Waals surface area contributed by atoms with Gasteiger partial charge in [0.15, 0.2) is 11.4 Å². The average molecular weight is 456 g/mol. The molecule has 0 spiro atoms. The third-order valence-corrected chi connectivity index (χ3v) is 6.67. The van der Waals surface area contributed by atoms with Crippen LogP contribution in [0.15, 0.2) is 54.9 Å². The smallest absolute Gasteiger partial charge is 0.306 e. The number of benzene rings is 1. The maximum atomic E-state index is 12.5. The Morgan fingerprint density at radius 1 is 1.00 bits per heavy atom. The first kappa shape index (κ1) is 21.8. The van der Waals surface area contributed by atoms with Crippen LogP contribution in [-0.4, -0.2) is 36.4 Å². The molecular weight excluding hydrogens is 430 g/mol. The van der Waals surface area contributed by atoms with Gasteiger partial charge in [-0.3, -0.25) is 14.6 Å². The van der Waals surface area contributed by atoms with Gasteiger partial charge in [-0.25, -0.2) is 4.98 Å². The van der Waals surface area contributed by atoms with Crippen molar-refractivity contribution in [3.8, 4) is 22.4 Å². The number of carbonyl (C=O) groups excluding carboxylic acids is 1. The number of carboxylic acids is 1. The standard InChI is InChI=1S/C26H25N5O3/c1-15(32)22-23(17-7-9-18(10-8-17)26(33)34)30-25-20(14-29-31(25)24(22)27)19-11-12-21(28-13-19)16-5-3-2-4-6-16/h2-6,11-14,17-18H,7-10,27H2,1H3,(H,33,34). The number of Topliss-reactive ketones (excluding diaryl/α,β-unsaturated/α-hetero) is 1. The van der Waals surface area contributed by atoms with Gasteiger partial charge in [0.2, 0.25) is 0 Å². The molecule has 8 heteroatoms. The number of nitrogens with two attached hydrogens (primary N) is 1. The number of nitrogens with zero attached hydrogens (tertiary/aromatic N) is 4. The van der Waals surface area contributed by atoms with E-state index in [1.807, 2.05) is 42.5 Å². The summed E-state index contributed by atoms with van der Waals surface area (Å²) in [4.78, 5) is 33.4. The second-order valence-electron chi connectivity index (χ2n) is 8.79. The van der Waals surface area contributed by atoms with E-state index >= 15 is 0 Å². The van der Waals surface area contributed by atoms with E-state index in [4.69, 9.17) is 10.7 Å². The Labute approximate surface area is 196 Å². The first-order valence-electron chi connectivity index (χ1n) is 11.4. The molecule has 1 saturated carbocycles. The quantitative estimate of drug-likeness (QED) is 0.421. The minimum absolute atomic E-state index is 0.0249. The third kappa shape index (κ3) is 3.81. The second-order valence-corrected chi connectivity index (χ2v) is 8.79. The molecule has 0 radical (unpaired) electrons. The minimum atomic E-state index is -0.766. The molecule has 172 valence electrons. The zero-order valence-corrected chi connectivity index (χ0v) is 18.8. The van der Waals surface area contributed by atoms with Gasteiger partial charge in [0.05, 0.1) is 29.1 Å². The molecule has 0 aliphatic heterocycles. The largest absolute Gasteiger partial charge is 0.481 e. The first-order valence-corrected chi connectivity index (χ1v) is 11.4. The van der Waals surface area contributed by atoms with E-state index in [0.717, 1.165) is 22.4 Å². The number of rotatable bonds is 5. The number of pyridine rings is 1. The van der Waals surface area contributed by atoms with Crippen LogP contribution in [0.3, 0.4) is 0 Å². The molecule has 1 fully saturated rings. The van der Waals surface area contributed by atoms with Crippen molar-refractivity contribution in [3.63, 3.8) is 0 Å². The summed E-state index contributed by atoms with van der Waals surface area (Å²) in [5.74, 6) is -1.06. The topological polar surface area (TPSA) is 123 Å². The van der Waals surface area contributed by atoms with Crippen molar-refractivity contribution in [2.24, 2.45) is 5.92 Å². The number of hydrogen-bond donors (Lipinski definition) is 2. The number of carboxylic acid groups (broad SMARTS) is 1. The lowest BCUT2D eigenvalue weighted by atomic mass is 9.79. The maximum absolute atomic E-state index is 12.5. The van der Waals surface area contributed by atoms with Crippen molar-refractivity contribution in [1.29, 1.82) is 0 Å². The van der Waals surface area contributed by atoms with Crippen molar-refractivity contribution in [2.75, 3.05) is 5.73 Å². The Kier molecular flexibility index (Phi) is 5.57. The highest BCUT2D eigenvalue weighted by atomic mass is 16.4. The zero-order chi connectivity index (χ0) is 23.8. The fraction of sp³-hybridized carbons (Fsp3) is 0.269. The molecule has 0 bridgehead atoms. The molecule has 1 aliphatic carbocycles. The van der Waals surface area contributed by atoms with Crippen molar-refractivity contribution < 1.29 is 14.7 Å². The molecule has 3 heterocycles. The maximum Gasteiger partial charge on any atom is 0.306 e. The molecule has 0 saturated heterocycles. The summed E-state index contributed by atoms with van der Waals surface area (Å²) in [6, 6.07) is 13.9. The molecule has 0 atom stereocenters. The highest BCUT2D eigenvalue weighted by Crippen LogP contribution is 2.39. The SMILES string of the molecule is CC(=O)c1c(C2CCC(C(=O)O)CC2)nc2c(-c3ccc(-c4ccccc4)nc3)cnn2c1N. The van der Waals surface area contributed by atoms with Crippen LogP contribution in [-0.2, 0) is 4.79 Å². The Bertz CT molecular complexity index is 1370. The number of nitrogen functional groups attached to an aromatic ring is 1. The van der Waals surface area contributed by atoms with Crippen LogP contribution < -0.4 is 5.73 Å². The summed E-state index contributed by atoms with van der Waals surface area (Å²) in [6.45, 7) is 1.47. The normalized spacial score (nSPS) is 18.1. The number of fused-ring (bicyclic) bond motifs is 1. The third-order valence-electron chi connectivity index (χ3n) is 6.67. The van der Waals surface area contributed by atoms with Gasteiger partial charge in [-0.1, -0.05) is 36.4 Å². The summed E-state index contributed by atoms with van der Waals surface area (Å²) >= 11 is 0. The monoisotopic (exact) mass is 455 g/mol. The Balaban J connectivity index is 1.56. The molecular formula is C26H25N5O3. The highest BCUT2D eigenvalue weighted by Gasteiger charge is 2.31. The summed E-state index contributed by atoms with van der Waals surface area (Å²) in [6.07, 6.45) is 5.89. The van der Waals surface area contributed by atoms with Gasteiger partial charge in [0.1, 0.15) is 5.82 Å². The lowest BCUT2D eigenvalue weighted by molar-refractivity contribution is -0.142. The molecule has 1 aliphatic rings. The molecule has 0 amide bonds. The van der Waals surface area contributed by atoms with Gasteiger partial charge in [0.25, 0.3) is 0 Å². The lowest BCUT2D eigenvalue weighted by Gasteiger charge is -2.27. The molecule has 3 aromatic heterocycles. The van der Waals surface area contributed by atoms with Crippen molar-refractivity contribution >= 4 is 23.2 Å². The van der Waals surface area contributed by atoms with E-state index in [1.54, 1.807) is 12.4 Å². The summed E-state index contributed by atoms with van der Waals surface area (Å²) in [7, 11) is 0. The van der Waals surface area contributed by atoms with Crippen LogP contribution in [0.25, 0.3) is 28.0 Å². The second kappa shape index (κ2) is 8.70. The van der Waals surface area contributed by atoms with E-state index < -0.39 is 5.97 Å². The van der Waals surface area contributed by atoms with Crippen LogP contribution in [0.2, 0.25) is 0 Å². The molecule has 8 nitrogen and oxygen atoms in total. The minimum Gasteiger partial charge on any atom is -0.481 e. The van der Waals surface area contributed by atoms with Crippen LogP contribution in [0, 0.1) is 5.92 Å². The van der Waals surface area contributed by atoms with E-state index in [0.29, 0.717) is 42.6 Å². The number of aliphatic carboxylic acids is 1. The number of hydrogen-bond acceptors (Lipinski definition) is 6. The van der Waals surface area contributed by atoms with Crippen LogP contribution in [0.1, 0.15) is 54.6 Å². The lowest BCUT2D eigenvalue weighted by Crippen LogP contribution is -2.23. The summed E-state index contributed by atoms with van der Waals surface area (Å²) < 4.78 is 1.50. The molecule has 5 rings (SSSR count). The Morgan fingerprint density at radius 2 is 1.74 bits per heavy atom. The molecule has 34 heavy (non-hydrogen) atoms. The predicted molar refractivity (Wildman–Crippen MR) is 128 cm³/mol. The molecule has 1 aromatic carbocycles. The highest BCUT2D eigenvalue weighted by molar-refractivity contribution is 6.00. The number of aromatic nitrogens is 4. The predicted octanol–water partition coefficient (Wildman–Crippen LogP) is 4.60. The summed E-state index contributed by atoms with van der Waals surface area (Å²) in [5.41, 5.74) is 11.5. The van der Waals surface area contributed by atoms with E-state index in [2.05, 4.69) is 10.1 Å². The summed E-state index contributed by atoms with van der Waals surface area (Å²) in [5, 5.41) is 13.8. The van der Waals surface area contributed by atoms with Crippen molar-refractivity contribution in [2.45, 2.75) is 38.5 Å². The zero-order valence-electron chi connectivity index (χ0n) is 18.8. The average Bonchev–Trinajstić information content (AvgIpc) is 3.29. The Hall–Kier alpha value is -4.07. The fourth-order valence-electron chi connectivity index (χ4n) is 4.84. The van der Waals surface area contributed by atoms with Crippen LogP contribution >= 0.6 is 0 Å². The van der Waals surface area contributed by atoms with Crippen LogP contribution in [0.5, 0.6) is 0 Å². The van der Waals surface area contributed by atoms with E-state index in [1.165, 1.54) is 11.4 Å². The number of carbonyl (C=O) groups is 2. The van der Waals surface area contributed by atoms with Gasteiger partial charge in [-0.2, -0.15) is 9.61 Å². The van der Waals surface area contributed by atoms with Crippen molar-refractivity contribution in [3.05, 3.63) is 66.1 Å². The van der Waals surface area contributed by atoms with Gasteiger partial charge >= 0.3 is 5.97 Å². The molecule has 3 N–H and O–H groups in total. The van der Waals surface area contributed by atoms with E-state index in [9.17, 15) is 14.7 Å². The number of anilines is 1. The van der Waals surface area contributed by atoms with Gasteiger partial charge in [-0.15, -0.1) is 0 Å². The Morgan fingerprint density at radius 3 is 2.35 bits per heavy atom. The molecule has 0 unspecified atom stereocenters.